The molecule has 5 nitrogen and oxygen atoms in total. The number of nitriles is 1. The molecular formula is C22H22N2O3S. The van der Waals surface area contributed by atoms with Gasteiger partial charge in [0.1, 0.15) is 11.5 Å². The molecule has 0 bridgehead atoms. The summed E-state index contributed by atoms with van der Waals surface area (Å²) in [4.78, 5) is 12.2. The Kier molecular flexibility index (Phi) is 6.62. The Labute approximate surface area is 169 Å². The van der Waals surface area contributed by atoms with Crippen molar-refractivity contribution < 1.29 is 14.3 Å². The summed E-state index contributed by atoms with van der Waals surface area (Å²) in [5.74, 6) is 1.86. The molecule has 1 N–H and O–H groups in total. The molecule has 1 aliphatic rings. The van der Waals surface area contributed by atoms with Gasteiger partial charge in [-0.05, 0) is 36.8 Å². The summed E-state index contributed by atoms with van der Waals surface area (Å²) < 4.78 is 10.9. The van der Waals surface area contributed by atoms with Crippen molar-refractivity contribution in [1.29, 1.82) is 5.26 Å². The molecule has 0 aromatic heterocycles. The first-order valence-corrected chi connectivity index (χ1v) is 9.99. The van der Waals surface area contributed by atoms with Crippen LogP contribution in [0.1, 0.15) is 23.5 Å². The Bertz CT molecular complexity index is 899. The zero-order valence-electron chi connectivity index (χ0n) is 15.9. The smallest absolute Gasteiger partial charge is 0.225 e. The van der Waals surface area contributed by atoms with Gasteiger partial charge < -0.3 is 14.8 Å². The molecule has 0 unspecified atom stereocenters. The van der Waals surface area contributed by atoms with Crippen molar-refractivity contribution in [3.63, 3.8) is 0 Å². The number of benzene rings is 2. The Morgan fingerprint density at radius 3 is 2.46 bits per heavy atom. The Balaban J connectivity index is 1.68. The number of aryl methyl sites for hydroxylation is 1. The Morgan fingerprint density at radius 1 is 1.14 bits per heavy atom. The molecule has 0 saturated carbocycles. The highest BCUT2D eigenvalue weighted by atomic mass is 32.2. The number of carbonyl (C=O) groups is 1. The van der Waals surface area contributed by atoms with Gasteiger partial charge in [0, 0.05) is 18.1 Å². The van der Waals surface area contributed by atoms with Crippen molar-refractivity contribution in [2.75, 3.05) is 19.5 Å². The second kappa shape index (κ2) is 9.34. The maximum absolute atomic E-state index is 12.2. The average Bonchev–Trinajstić information content (AvgIpc) is 2.72. The predicted molar refractivity (Wildman–Crippen MR) is 110 cm³/mol. The van der Waals surface area contributed by atoms with E-state index in [1.165, 1.54) is 17.3 Å². The van der Waals surface area contributed by atoms with Crippen LogP contribution >= 0.6 is 11.8 Å². The highest BCUT2D eigenvalue weighted by Crippen LogP contribution is 2.36. The number of hydrogen-bond acceptors (Lipinski definition) is 5. The largest absolute Gasteiger partial charge is 0.497 e. The molecule has 6 heteroatoms. The summed E-state index contributed by atoms with van der Waals surface area (Å²) in [7, 11) is 1.61. The summed E-state index contributed by atoms with van der Waals surface area (Å²) in [6.07, 6.45) is 0.263. The van der Waals surface area contributed by atoms with Crippen LogP contribution in [0.25, 0.3) is 0 Å². The molecule has 1 heterocycles. The van der Waals surface area contributed by atoms with Crippen LogP contribution < -0.4 is 14.8 Å². The van der Waals surface area contributed by atoms with Crippen molar-refractivity contribution in [3.05, 3.63) is 70.3 Å². The van der Waals surface area contributed by atoms with E-state index in [0.29, 0.717) is 23.0 Å². The van der Waals surface area contributed by atoms with E-state index in [0.717, 1.165) is 17.1 Å². The van der Waals surface area contributed by atoms with Crippen molar-refractivity contribution in [1.82, 2.24) is 5.32 Å². The number of nitrogens with zero attached hydrogens (tertiary/aromatic N) is 1. The van der Waals surface area contributed by atoms with E-state index in [2.05, 4.69) is 11.4 Å². The minimum absolute atomic E-state index is 0.0817. The number of carbonyl (C=O) groups excluding carboxylic acids is 1. The molecule has 0 fully saturated rings. The standard InChI is InChI=1S/C22H22N2O3S/c1-15-3-7-18(8-4-15)27-11-12-28-22-20(14-23)19(13-21(25)24-22)16-5-9-17(26-2)10-6-16/h3-10,19H,11-13H2,1-2H3,(H,24,25)/t19-/m0/s1. The maximum atomic E-state index is 12.2. The number of hydrogen-bond donors (Lipinski definition) is 1. The van der Waals surface area contributed by atoms with Gasteiger partial charge in [-0.25, -0.2) is 0 Å². The number of amides is 1. The van der Waals surface area contributed by atoms with Crippen molar-refractivity contribution in [3.8, 4) is 17.6 Å². The van der Waals surface area contributed by atoms with E-state index >= 15 is 0 Å². The fraction of sp³-hybridized carbons (Fsp3) is 0.273. The molecule has 1 aliphatic heterocycles. The summed E-state index contributed by atoms with van der Waals surface area (Å²) in [6, 6.07) is 17.7. The molecule has 0 radical (unpaired) electrons. The molecular weight excluding hydrogens is 372 g/mol. The number of nitrogens with one attached hydrogen (secondary N) is 1. The van der Waals surface area contributed by atoms with Crippen LogP contribution in [-0.4, -0.2) is 25.4 Å². The first-order valence-electron chi connectivity index (χ1n) is 9.01. The molecule has 28 heavy (non-hydrogen) atoms. The lowest BCUT2D eigenvalue weighted by molar-refractivity contribution is -0.120. The normalized spacial score (nSPS) is 16.3. The highest BCUT2D eigenvalue weighted by Gasteiger charge is 2.29. The van der Waals surface area contributed by atoms with E-state index in [1.54, 1.807) is 7.11 Å². The maximum Gasteiger partial charge on any atom is 0.225 e. The topological polar surface area (TPSA) is 71.3 Å². The van der Waals surface area contributed by atoms with Crippen molar-refractivity contribution in [2.45, 2.75) is 19.3 Å². The minimum Gasteiger partial charge on any atom is -0.497 e. The van der Waals surface area contributed by atoms with Crippen molar-refractivity contribution >= 4 is 17.7 Å². The van der Waals surface area contributed by atoms with Gasteiger partial charge in [-0.15, -0.1) is 11.8 Å². The molecule has 0 spiro atoms. The van der Waals surface area contributed by atoms with Crippen LogP contribution in [0.15, 0.2) is 59.1 Å². The second-order valence-corrected chi connectivity index (χ2v) is 7.55. The summed E-state index contributed by atoms with van der Waals surface area (Å²) in [5, 5.41) is 13.2. The van der Waals surface area contributed by atoms with E-state index in [4.69, 9.17) is 9.47 Å². The number of methoxy groups -OCH3 is 1. The molecule has 3 rings (SSSR count). The molecule has 2 aromatic rings. The van der Waals surface area contributed by atoms with Gasteiger partial charge in [0.25, 0.3) is 0 Å². The average molecular weight is 394 g/mol. The quantitative estimate of drug-likeness (QED) is 0.714. The molecule has 0 saturated heterocycles. The molecule has 2 aromatic carbocycles. The third-order valence-electron chi connectivity index (χ3n) is 4.49. The third-order valence-corrected chi connectivity index (χ3v) is 5.48. The van der Waals surface area contributed by atoms with Crippen LogP contribution in [0.2, 0.25) is 0 Å². The zero-order chi connectivity index (χ0) is 19.9. The highest BCUT2D eigenvalue weighted by molar-refractivity contribution is 8.03. The summed E-state index contributed by atoms with van der Waals surface area (Å²) >= 11 is 1.44. The lowest BCUT2D eigenvalue weighted by Crippen LogP contribution is -2.31. The number of thioether (sulfide) groups is 1. The van der Waals surface area contributed by atoms with Gasteiger partial charge in [-0.2, -0.15) is 5.26 Å². The van der Waals surface area contributed by atoms with Gasteiger partial charge in [-0.3, -0.25) is 4.79 Å². The van der Waals surface area contributed by atoms with E-state index < -0.39 is 0 Å². The zero-order valence-corrected chi connectivity index (χ0v) is 16.7. The van der Waals surface area contributed by atoms with Crippen LogP contribution in [0.5, 0.6) is 11.5 Å². The first kappa shape index (κ1) is 19.8. The number of rotatable bonds is 7. The van der Waals surface area contributed by atoms with Gasteiger partial charge in [-0.1, -0.05) is 29.8 Å². The van der Waals surface area contributed by atoms with Crippen LogP contribution in [-0.2, 0) is 4.79 Å². The SMILES string of the molecule is COc1ccc([C@@H]2CC(=O)NC(SCCOc3ccc(C)cc3)=C2C#N)cc1. The lowest BCUT2D eigenvalue weighted by atomic mass is 9.87. The Morgan fingerprint density at radius 2 is 1.82 bits per heavy atom. The van der Waals surface area contributed by atoms with E-state index in [1.807, 2.05) is 55.5 Å². The van der Waals surface area contributed by atoms with E-state index in [-0.39, 0.29) is 18.2 Å². The molecule has 1 amide bonds. The fourth-order valence-electron chi connectivity index (χ4n) is 2.99. The first-order chi connectivity index (χ1) is 13.6. The van der Waals surface area contributed by atoms with Gasteiger partial charge in [0.2, 0.25) is 5.91 Å². The predicted octanol–water partition coefficient (Wildman–Crippen LogP) is 4.15. The van der Waals surface area contributed by atoms with Crippen LogP contribution in [0, 0.1) is 18.3 Å². The number of allylic oxidation sites excluding steroid dienone is 1. The third kappa shape index (κ3) is 4.87. The molecule has 1 atom stereocenters. The minimum atomic E-state index is -0.245. The lowest BCUT2D eigenvalue weighted by Gasteiger charge is -2.25. The monoisotopic (exact) mass is 394 g/mol. The van der Waals surface area contributed by atoms with Gasteiger partial charge >= 0.3 is 0 Å². The Hall–Kier alpha value is -2.91. The van der Waals surface area contributed by atoms with Gasteiger partial charge in [0.05, 0.1) is 30.4 Å². The summed E-state index contributed by atoms with van der Waals surface area (Å²) in [6.45, 7) is 2.51. The van der Waals surface area contributed by atoms with Crippen LogP contribution in [0.4, 0.5) is 0 Å². The molecule has 144 valence electrons. The van der Waals surface area contributed by atoms with Crippen LogP contribution in [0.3, 0.4) is 0 Å². The molecule has 0 aliphatic carbocycles. The fourth-order valence-corrected chi connectivity index (χ4v) is 3.89. The van der Waals surface area contributed by atoms with Gasteiger partial charge in [0.15, 0.2) is 0 Å². The second-order valence-electron chi connectivity index (χ2n) is 6.44. The number of ether oxygens (including phenoxy) is 2. The summed E-state index contributed by atoms with van der Waals surface area (Å²) in [5.41, 5.74) is 2.70. The van der Waals surface area contributed by atoms with E-state index in [9.17, 15) is 10.1 Å². The van der Waals surface area contributed by atoms with Crippen molar-refractivity contribution in [2.24, 2.45) is 0 Å².